The molecule has 1 heterocycles. The number of hydrogen-bond donors (Lipinski definition) is 2. The number of carboxylic acids is 2. The van der Waals surface area contributed by atoms with Gasteiger partial charge < -0.3 is 10.2 Å². The van der Waals surface area contributed by atoms with E-state index in [1.165, 1.54) is 6.92 Å². The highest BCUT2D eigenvalue weighted by Gasteiger charge is 2.66. The summed E-state index contributed by atoms with van der Waals surface area (Å²) in [5.41, 5.74) is -5.73. The predicted octanol–water partition coefficient (Wildman–Crippen LogP) is 3.33. The summed E-state index contributed by atoms with van der Waals surface area (Å²) in [5, 5.41) is 19.2. The molecule has 24 heavy (non-hydrogen) atoms. The van der Waals surface area contributed by atoms with Crippen LogP contribution in [0.5, 0.6) is 0 Å². The molecule has 0 fully saturated rings. The van der Waals surface area contributed by atoms with Gasteiger partial charge in [-0.1, -0.05) is 20.3 Å². The molecular weight excluding hydrogens is 334 g/mol. The summed E-state index contributed by atoms with van der Waals surface area (Å²) >= 11 is 0. The third kappa shape index (κ3) is 2.77. The number of aliphatic imine (C=N–C) groups is 1. The Morgan fingerprint density at radius 1 is 1.17 bits per heavy atom. The summed E-state index contributed by atoms with van der Waals surface area (Å²) in [4.78, 5) is 27.0. The van der Waals surface area contributed by atoms with E-state index in [9.17, 15) is 37.4 Å². The van der Waals surface area contributed by atoms with Crippen molar-refractivity contribution in [2.45, 2.75) is 58.9 Å². The van der Waals surface area contributed by atoms with Gasteiger partial charge in [-0.3, -0.25) is 14.6 Å². The molecule has 0 radical (unpaired) electrons. The van der Waals surface area contributed by atoms with Gasteiger partial charge in [0.05, 0.1) is 11.1 Å². The van der Waals surface area contributed by atoms with Crippen LogP contribution in [0.4, 0.5) is 17.6 Å². The minimum atomic E-state index is -3.37. The highest BCUT2D eigenvalue weighted by molar-refractivity contribution is 6.09. The number of halogens is 4. The molecule has 0 saturated heterocycles. The molecule has 1 rings (SSSR count). The molecule has 9 heteroatoms. The van der Waals surface area contributed by atoms with E-state index in [2.05, 4.69) is 4.99 Å². The van der Waals surface area contributed by atoms with Gasteiger partial charge in [0.15, 0.2) is 0 Å². The highest BCUT2D eigenvalue weighted by atomic mass is 19.3. The van der Waals surface area contributed by atoms with Gasteiger partial charge in [0.1, 0.15) is 11.5 Å². The molecule has 0 aromatic heterocycles. The molecule has 1 aliphatic heterocycles. The lowest BCUT2D eigenvalue weighted by atomic mass is 9.53. The van der Waals surface area contributed by atoms with E-state index >= 15 is 0 Å². The fraction of sp³-hybridized carbons (Fsp3) is 0.800. The van der Waals surface area contributed by atoms with Crippen LogP contribution in [0.1, 0.15) is 40.0 Å². The summed E-state index contributed by atoms with van der Waals surface area (Å²) < 4.78 is 53.8. The van der Waals surface area contributed by atoms with Crippen molar-refractivity contribution in [3.63, 3.8) is 0 Å². The van der Waals surface area contributed by atoms with Gasteiger partial charge in [0.25, 0.3) is 12.9 Å². The zero-order chi connectivity index (χ0) is 18.9. The van der Waals surface area contributed by atoms with Crippen LogP contribution in [-0.4, -0.2) is 46.8 Å². The normalized spacial score (nSPS) is 33.6. The fourth-order valence-electron chi connectivity index (χ4n) is 3.84. The van der Waals surface area contributed by atoms with Gasteiger partial charge in [0.2, 0.25) is 0 Å². The van der Waals surface area contributed by atoms with Crippen LogP contribution in [0.3, 0.4) is 0 Å². The Balaban J connectivity index is 3.86. The summed E-state index contributed by atoms with van der Waals surface area (Å²) in [6.07, 6.45) is -6.85. The number of hydrogen-bond acceptors (Lipinski definition) is 3. The maximum atomic E-state index is 13.5. The van der Waals surface area contributed by atoms with Crippen molar-refractivity contribution in [1.82, 2.24) is 0 Å². The van der Waals surface area contributed by atoms with Crippen molar-refractivity contribution >= 4 is 17.7 Å². The SMILES string of the molecule is CCCC1C(C)(C(=O)O)C(C(F)F)=NC(C(F)F)C1(CC)C(=O)O. The van der Waals surface area contributed by atoms with Crippen molar-refractivity contribution in [2.75, 3.05) is 0 Å². The van der Waals surface area contributed by atoms with Gasteiger partial charge >= 0.3 is 11.9 Å². The molecule has 0 aliphatic carbocycles. The number of aliphatic carboxylic acids is 2. The molecule has 5 nitrogen and oxygen atoms in total. The first kappa shape index (κ1) is 20.4. The van der Waals surface area contributed by atoms with E-state index in [0.717, 1.165) is 6.92 Å². The molecule has 0 aromatic carbocycles. The zero-order valence-electron chi connectivity index (χ0n) is 13.6. The number of alkyl halides is 4. The van der Waals surface area contributed by atoms with Gasteiger partial charge in [-0.25, -0.2) is 17.6 Å². The van der Waals surface area contributed by atoms with Crippen LogP contribution in [0.2, 0.25) is 0 Å². The molecule has 4 unspecified atom stereocenters. The minimum absolute atomic E-state index is 0.0993. The molecule has 0 spiro atoms. The molecule has 0 amide bonds. The predicted molar refractivity (Wildman–Crippen MR) is 77.7 cm³/mol. The molecule has 2 N–H and O–H groups in total. The van der Waals surface area contributed by atoms with Crippen LogP contribution < -0.4 is 0 Å². The Bertz CT molecular complexity index is 540. The van der Waals surface area contributed by atoms with Crippen molar-refractivity contribution in [2.24, 2.45) is 21.7 Å². The first-order chi connectivity index (χ1) is 11.0. The van der Waals surface area contributed by atoms with E-state index in [1.54, 1.807) is 6.92 Å². The lowest BCUT2D eigenvalue weighted by Gasteiger charge is -2.51. The Kier molecular flexibility index (Phi) is 6.00. The Morgan fingerprint density at radius 3 is 2.00 bits per heavy atom. The Labute approximate surface area is 136 Å². The lowest BCUT2D eigenvalue weighted by Crippen LogP contribution is -2.63. The average molecular weight is 355 g/mol. The van der Waals surface area contributed by atoms with Crippen LogP contribution in [-0.2, 0) is 9.59 Å². The fourth-order valence-corrected chi connectivity index (χ4v) is 3.84. The maximum Gasteiger partial charge on any atom is 0.315 e. The maximum absolute atomic E-state index is 13.5. The van der Waals surface area contributed by atoms with E-state index in [4.69, 9.17) is 0 Å². The standard InChI is InChI=1S/C15H21F4NO4/c1-4-6-7-14(3,12(21)22)8(10(16)17)20-9(11(18)19)15(7,5-2)13(23)24/h7,9-11H,4-6H2,1-3H3,(H,21,22)(H,23,24). The van der Waals surface area contributed by atoms with Gasteiger partial charge in [-0.2, -0.15) is 0 Å². The van der Waals surface area contributed by atoms with Crippen LogP contribution >= 0.6 is 0 Å². The van der Waals surface area contributed by atoms with Crippen molar-refractivity contribution < 1.29 is 37.4 Å². The number of carboxylic acid groups (broad SMARTS) is 2. The number of nitrogens with zero attached hydrogens (tertiary/aromatic N) is 1. The van der Waals surface area contributed by atoms with Crippen LogP contribution in [0, 0.1) is 16.7 Å². The lowest BCUT2D eigenvalue weighted by molar-refractivity contribution is -0.170. The van der Waals surface area contributed by atoms with E-state index in [-0.39, 0.29) is 19.3 Å². The van der Waals surface area contributed by atoms with Crippen molar-refractivity contribution in [1.29, 1.82) is 0 Å². The van der Waals surface area contributed by atoms with E-state index < -0.39 is 53.3 Å². The van der Waals surface area contributed by atoms with Crippen LogP contribution in [0.25, 0.3) is 0 Å². The summed E-state index contributed by atoms with van der Waals surface area (Å²) in [6, 6.07) is -2.21. The average Bonchev–Trinajstić information content (AvgIpc) is 2.47. The molecule has 0 bridgehead atoms. The summed E-state index contributed by atoms with van der Waals surface area (Å²) in [7, 11) is 0. The molecule has 138 valence electrons. The molecule has 0 aromatic rings. The minimum Gasteiger partial charge on any atom is -0.481 e. The highest BCUT2D eigenvalue weighted by Crippen LogP contribution is 2.55. The van der Waals surface area contributed by atoms with Crippen molar-refractivity contribution in [3.8, 4) is 0 Å². The quantitative estimate of drug-likeness (QED) is 0.686. The Hall–Kier alpha value is -1.67. The smallest absolute Gasteiger partial charge is 0.315 e. The second-order valence-corrected chi connectivity index (χ2v) is 6.14. The second-order valence-electron chi connectivity index (χ2n) is 6.14. The first-order valence-electron chi connectivity index (χ1n) is 7.62. The van der Waals surface area contributed by atoms with Gasteiger partial charge in [-0.15, -0.1) is 0 Å². The largest absolute Gasteiger partial charge is 0.481 e. The Morgan fingerprint density at radius 2 is 1.71 bits per heavy atom. The van der Waals surface area contributed by atoms with E-state index in [0.29, 0.717) is 0 Å². The molecular formula is C15H21F4NO4. The first-order valence-corrected chi connectivity index (χ1v) is 7.62. The topological polar surface area (TPSA) is 87.0 Å². The summed E-state index contributed by atoms with van der Waals surface area (Å²) in [6.45, 7) is 3.89. The third-order valence-electron chi connectivity index (χ3n) is 5.11. The molecule has 0 saturated carbocycles. The van der Waals surface area contributed by atoms with Gasteiger partial charge in [-0.05, 0) is 25.7 Å². The number of carbonyl (C=O) groups is 2. The van der Waals surface area contributed by atoms with Gasteiger partial charge in [0, 0.05) is 0 Å². The second kappa shape index (κ2) is 7.06. The van der Waals surface area contributed by atoms with Crippen molar-refractivity contribution in [3.05, 3.63) is 0 Å². The molecule has 4 atom stereocenters. The summed E-state index contributed by atoms with van der Waals surface area (Å²) in [5.74, 6) is -4.76. The molecule has 1 aliphatic rings. The zero-order valence-corrected chi connectivity index (χ0v) is 13.6. The monoisotopic (exact) mass is 355 g/mol. The van der Waals surface area contributed by atoms with E-state index in [1.807, 2.05) is 0 Å². The number of rotatable bonds is 7. The third-order valence-corrected chi connectivity index (χ3v) is 5.11. The van der Waals surface area contributed by atoms with Crippen LogP contribution in [0.15, 0.2) is 4.99 Å².